The maximum Gasteiger partial charge on any atom is 0.130 e. The molecule has 150 valence electrons. The topological polar surface area (TPSA) is 81.4 Å². The zero-order valence-corrected chi connectivity index (χ0v) is 18.1. The molecule has 0 atom stereocenters. The molecule has 4 rings (SSSR count). The lowest BCUT2D eigenvalue weighted by atomic mass is 10.0. The molecule has 0 unspecified atom stereocenters. The summed E-state index contributed by atoms with van der Waals surface area (Å²) in [5, 5.41) is 8.01. The Morgan fingerprint density at radius 3 is 2.53 bits per heavy atom. The van der Waals surface area contributed by atoms with Gasteiger partial charge in [-0.25, -0.2) is 4.98 Å². The van der Waals surface area contributed by atoms with Crippen molar-refractivity contribution in [3.05, 3.63) is 72.3 Å². The van der Waals surface area contributed by atoms with E-state index < -0.39 is 0 Å². The van der Waals surface area contributed by atoms with Gasteiger partial charge in [0.15, 0.2) is 0 Å². The lowest BCUT2D eigenvalue weighted by Gasteiger charge is -2.11. The molecule has 0 saturated heterocycles. The maximum atomic E-state index is 4.72. The molecular weight excluding hydrogens is 393 g/mol. The second kappa shape index (κ2) is 8.51. The van der Waals surface area contributed by atoms with Gasteiger partial charge in [0.1, 0.15) is 5.82 Å². The predicted molar refractivity (Wildman–Crippen MR) is 122 cm³/mol. The second-order valence-corrected chi connectivity index (χ2v) is 7.62. The van der Waals surface area contributed by atoms with E-state index in [1.165, 1.54) is 0 Å². The van der Waals surface area contributed by atoms with E-state index in [2.05, 4.69) is 47.1 Å². The molecule has 4 aromatic rings. The summed E-state index contributed by atoms with van der Waals surface area (Å²) in [5.41, 5.74) is 7.92. The third-order valence-electron chi connectivity index (χ3n) is 4.78. The summed E-state index contributed by atoms with van der Waals surface area (Å²) in [4.78, 5) is 17.1. The molecule has 8 heteroatoms. The molecule has 0 bridgehead atoms. The SMILES string of the molecule is Cc1cc(-c2c(C)nn(CC(=P)Nc3ccc(-c4cnccn4)cn3)c2C)ccn1. The molecule has 0 amide bonds. The van der Waals surface area contributed by atoms with Gasteiger partial charge in [-0.1, -0.05) is 8.86 Å². The highest BCUT2D eigenvalue weighted by Gasteiger charge is 2.14. The number of rotatable bonds is 6. The van der Waals surface area contributed by atoms with Gasteiger partial charge in [0, 0.05) is 47.3 Å². The molecule has 4 heterocycles. The average molecular weight is 415 g/mol. The van der Waals surface area contributed by atoms with E-state index in [0.29, 0.717) is 6.54 Å². The Labute approximate surface area is 177 Å². The van der Waals surface area contributed by atoms with Gasteiger partial charge >= 0.3 is 0 Å². The second-order valence-electron chi connectivity index (χ2n) is 7.02. The fraction of sp³-hybridized carbons (Fsp3) is 0.182. The van der Waals surface area contributed by atoms with Crippen LogP contribution in [0.4, 0.5) is 5.82 Å². The summed E-state index contributed by atoms with van der Waals surface area (Å²) in [6.07, 6.45) is 8.65. The van der Waals surface area contributed by atoms with Crippen LogP contribution in [0.15, 0.2) is 55.2 Å². The summed E-state index contributed by atoms with van der Waals surface area (Å²) < 4.78 is 1.98. The van der Waals surface area contributed by atoms with Gasteiger partial charge in [0.2, 0.25) is 0 Å². The first kappa shape index (κ1) is 19.9. The van der Waals surface area contributed by atoms with Crippen molar-refractivity contribution in [2.45, 2.75) is 27.3 Å². The number of hydrogen-bond acceptors (Lipinski definition) is 5. The van der Waals surface area contributed by atoms with Crippen molar-refractivity contribution in [3.8, 4) is 22.4 Å². The third-order valence-corrected chi connectivity index (χ3v) is 5.06. The van der Waals surface area contributed by atoms with Gasteiger partial charge in [-0.2, -0.15) is 5.10 Å². The van der Waals surface area contributed by atoms with Crippen LogP contribution in [-0.4, -0.2) is 35.1 Å². The molecule has 7 nitrogen and oxygen atoms in total. The summed E-state index contributed by atoms with van der Waals surface area (Å²) in [6, 6.07) is 7.98. The fourth-order valence-corrected chi connectivity index (χ4v) is 3.66. The number of nitrogens with zero attached hydrogens (tertiary/aromatic N) is 6. The van der Waals surface area contributed by atoms with E-state index in [1.807, 2.05) is 42.9 Å². The zero-order valence-electron chi connectivity index (χ0n) is 17.1. The standard InChI is InChI=1S/C22H22N7P/c1-14-10-17(6-7-24-14)22-15(2)28-29(16(22)3)13-21(30)27-20-5-4-18(11-26-20)19-12-23-8-9-25-19/h4-12,30H,13H2,1-3H3,(H,26,27). The summed E-state index contributed by atoms with van der Waals surface area (Å²) in [6.45, 7) is 6.68. The van der Waals surface area contributed by atoms with Crippen molar-refractivity contribution in [2.24, 2.45) is 0 Å². The minimum absolute atomic E-state index is 0.571. The Morgan fingerprint density at radius 1 is 0.967 bits per heavy atom. The molecule has 0 saturated carbocycles. The molecule has 0 aliphatic carbocycles. The molecule has 0 fully saturated rings. The van der Waals surface area contributed by atoms with Gasteiger partial charge in [0.05, 0.1) is 29.5 Å². The van der Waals surface area contributed by atoms with Crippen molar-refractivity contribution in [1.82, 2.24) is 29.7 Å². The van der Waals surface area contributed by atoms with Crippen LogP contribution in [0.3, 0.4) is 0 Å². The van der Waals surface area contributed by atoms with Crippen LogP contribution in [0.5, 0.6) is 0 Å². The smallest absolute Gasteiger partial charge is 0.130 e. The quantitative estimate of drug-likeness (QED) is 0.478. The van der Waals surface area contributed by atoms with Crippen molar-refractivity contribution in [1.29, 1.82) is 0 Å². The van der Waals surface area contributed by atoms with Crippen molar-refractivity contribution < 1.29 is 0 Å². The highest BCUT2D eigenvalue weighted by molar-refractivity contribution is 7.21. The Balaban J connectivity index is 1.48. The highest BCUT2D eigenvalue weighted by Crippen LogP contribution is 2.27. The molecule has 1 N–H and O–H groups in total. The predicted octanol–water partition coefficient (Wildman–Crippen LogP) is 4.11. The highest BCUT2D eigenvalue weighted by atomic mass is 31.0. The first-order valence-electron chi connectivity index (χ1n) is 9.55. The van der Waals surface area contributed by atoms with E-state index in [4.69, 9.17) is 5.10 Å². The van der Waals surface area contributed by atoms with E-state index in [0.717, 1.165) is 50.7 Å². The summed E-state index contributed by atoms with van der Waals surface area (Å²) in [7, 11) is 3.68. The molecule has 30 heavy (non-hydrogen) atoms. The molecule has 0 aromatic carbocycles. The van der Waals surface area contributed by atoms with Gasteiger partial charge in [-0.3, -0.25) is 19.6 Å². The van der Waals surface area contributed by atoms with Crippen LogP contribution in [0.1, 0.15) is 17.1 Å². The Kier molecular flexibility index (Phi) is 5.63. The molecule has 0 aliphatic heterocycles. The van der Waals surface area contributed by atoms with E-state index >= 15 is 0 Å². The Hall–Kier alpha value is -3.44. The van der Waals surface area contributed by atoms with Crippen LogP contribution in [0.25, 0.3) is 22.4 Å². The van der Waals surface area contributed by atoms with Gasteiger partial charge in [0.25, 0.3) is 0 Å². The van der Waals surface area contributed by atoms with Crippen molar-refractivity contribution in [3.63, 3.8) is 0 Å². The number of pyridine rings is 2. The first-order chi connectivity index (χ1) is 14.5. The van der Waals surface area contributed by atoms with Crippen LogP contribution < -0.4 is 5.32 Å². The zero-order chi connectivity index (χ0) is 21.1. The van der Waals surface area contributed by atoms with E-state index in [1.54, 1.807) is 24.8 Å². The number of anilines is 1. The van der Waals surface area contributed by atoms with Gasteiger partial charge in [-0.15, -0.1) is 0 Å². The Bertz CT molecular complexity index is 1180. The van der Waals surface area contributed by atoms with Gasteiger partial charge in [-0.05, 0) is 50.6 Å². The maximum absolute atomic E-state index is 4.72. The average Bonchev–Trinajstić information content (AvgIpc) is 3.02. The molecule has 0 radical (unpaired) electrons. The molecular formula is C22H22N7P. The first-order valence-corrected chi connectivity index (χ1v) is 10.0. The minimum atomic E-state index is 0.571. The van der Waals surface area contributed by atoms with Crippen LogP contribution in [0.2, 0.25) is 0 Å². The lowest BCUT2D eigenvalue weighted by Crippen LogP contribution is -2.18. The van der Waals surface area contributed by atoms with Gasteiger partial charge < -0.3 is 5.32 Å². The summed E-state index contributed by atoms with van der Waals surface area (Å²) >= 11 is 0. The normalized spacial score (nSPS) is 10.8. The van der Waals surface area contributed by atoms with Crippen LogP contribution in [0, 0.1) is 20.8 Å². The van der Waals surface area contributed by atoms with E-state index in [-0.39, 0.29) is 0 Å². The number of hydrogen-bond donors (Lipinski definition) is 1. The van der Waals surface area contributed by atoms with E-state index in [9.17, 15) is 0 Å². The Morgan fingerprint density at radius 2 is 1.83 bits per heavy atom. The van der Waals surface area contributed by atoms with Crippen molar-refractivity contribution >= 4 is 20.1 Å². The largest absolute Gasteiger partial charge is 0.339 e. The lowest BCUT2D eigenvalue weighted by molar-refractivity contribution is 0.696. The number of nitrogens with one attached hydrogen (secondary N) is 1. The molecule has 4 aromatic heterocycles. The minimum Gasteiger partial charge on any atom is -0.339 e. The number of aryl methyl sites for hydroxylation is 2. The number of aromatic nitrogens is 6. The molecule has 0 aliphatic rings. The summed E-state index contributed by atoms with van der Waals surface area (Å²) in [5.74, 6) is 0.735. The fourth-order valence-electron chi connectivity index (χ4n) is 3.38. The van der Waals surface area contributed by atoms with Crippen LogP contribution >= 0.6 is 8.86 Å². The monoisotopic (exact) mass is 415 g/mol. The van der Waals surface area contributed by atoms with Crippen LogP contribution in [-0.2, 0) is 6.54 Å². The van der Waals surface area contributed by atoms with Crippen molar-refractivity contribution in [2.75, 3.05) is 5.32 Å². The third kappa shape index (κ3) is 4.26. The molecule has 0 spiro atoms.